The molecule has 0 saturated carbocycles. The van der Waals surface area contributed by atoms with Crippen LogP contribution in [0.4, 0.5) is 0 Å². The largest absolute Gasteiger partial charge is 0.467 e. The third-order valence-corrected chi connectivity index (χ3v) is 5.65. The first-order chi connectivity index (χ1) is 14.6. The standard InChI is InChI=1S/C24H33N3O3/c1-3-5-11-26(4-2)16-20-9-6-8-19(13-20)15-25-24(29)21-14-23(28)27(17-21)18-22-10-7-12-30-22/h6-10,12-13,21H,3-5,11,14-18H2,1-2H3,(H,25,29)/t21-/m1/s1. The van der Waals surface area contributed by atoms with Crippen LogP contribution in [0.2, 0.25) is 0 Å². The summed E-state index contributed by atoms with van der Waals surface area (Å²) in [6, 6.07) is 12.0. The van der Waals surface area contributed by atoms with E-state index in [2.05, 4.69) is 42.3 Å². The van der Waals surface area contributed by atoms with E-state index in [4.69, 9.17) is 4.42 Å². The summed E-state index contributed by atoms with van der Waals surface area (Å²) in [5.74, 6) is 0.371. The molecule has 0 bridgehead atoms. The van der Waals surface area contributed by atoms with Crippen molar-refractivity contribution in [3.8, 4) is 0 Å². The first kappa shape index (κ1) is 22.1. The molecular weight excluding hydrogens is 378 g/mol. The van der Waals surface area contributed by atoms with Gasteiger partial charge < -0.3 is 14.6 Å². The Bertz CT molecular complexity index is 819. The first-order valence-corrected chi connectivity index (χ1v) is 11.0. The van der Waals surface area contributed by atoms with Gasteiger partial charge in [-0.15, -0.1) is 0 Å². The van der Waals surface area contributed by atoms with Gasteiger partial charge in [0.15, 0.2) is 0 Å². The second kappa shape index (κ2) is 11.0. The van der Waals surface area contributed by atoms with Gasteiger partial charge in [0.2, 0.25) is 11.8 Å². The van der Waals surface area contributed by atoms with E-state index in [0.717, 1.165) is 31.0 Å². The number of hydrogen-bond acceptors (Lipinski definition) is 4. The first-order valence-electron chi connectivity index (χ1n) is 11.0. The third-order valence-electron chi connectivity index (χ3n) is 5.65. The molecule has 2 amide bonds. The fraction of sp³-hybridized carbons (Fsp3) is 0.500. The molecule has 0 radical (unpaired) electrons. The van der Waals surface area contributed by atoms with E-state index < -0.39 is 0 Å². The highest BCUT2D eigenvalue weighted by molar-refractivity contribution is 5.89. The number of likely N-dealkylation sites (tertiary alicyclic amines) is 1. The van der Waals surface area contributed by atoms with Gasteiger partial charge >= 0.3 is 0 Å². The summed E-state index contributed by atoms with van der Waals surface area (Å²) in [5.41, 5.74) is 2.35. The normalized spacial score (nSPS) is 16.4. The van der Waals surface area contributed by atoms with Crippen molar-refractivity contribution in [2.24, 2.45) is 5.92 Å². The van der Waals surface area contributed by atoms with Gasteiger partial charge in [0.05, 0.1) is 18.7 Å². The predicted molar refractivity (Wildman–Crippen MR) is 116 cm³/mol. The van der Waals surface area contributed by atoms with Crippen LogP contribution < -0.4 is 5.32 Å². The van der Waals surface area contributed by atoms with Crippen LogP contribution in [0.1, 0.15) is 50.0 Å². The van der Waals surface area contributed by atoms with E-state index in [-0.39, 0.29) is 24.2 Å². The summed E-state index contributed by atoms with van der Waals surface area (Å²) in [4.78, 5) is 29.0. The zero-order valence-electron chi connectivity index (χ0n) is 18.1. The quantitative estimate of drug-likeness (QED) is 0.614. The number of amides is 2. The average molecular weight is 412 g/mol. The minimum absolute atomic E-state index is 0.000263. The molecule has 1 atom stereocenters. The van der Waals surface area contributed by atoms with Crippen molar-refractivity contribution in [2.45, 2.75) is 52.7 Å². The van der Waals surface area contributed by atoms with Gasteiger partial charge in [0.25, 0.3) is 0 Å². The summed E-state index contributed by atoms with van der Waals surface area (Å²) < 4.78 is 5.32. The number of rotatable bonds is 11. The molecule has 0 spiro atoms. The number of hydrogen-bond donors (Lipinski definition) is 1. The van der Waals surface area contributed by atoms with Crippen LogP contribution >= 0.6 is 0 Å². The molecule has 1 aliphatic rings. The molecule has 3 rings (SSSR count). The molecule has 162 valence electrons. The maximum absolute atomic E-state index is 12.6. The number of carbonyl (C=O) groups excluding carboxylic acids is 2. The molecule has 0 aliphatic carbocycles. The van der Waals surface area contributed by atoms with Crippen molar-refractivity contribution < 1.29 is 14.0 Å². The number of carbonyl (C=O) groups is 2. The van der Waals surface area contributed by atoms with E-state index in [1.807, 2.05) is 12.1 Å². The van der Waals surface area contributed by atoms with E-state index in [0.29, 0.717) is 19.6 Å². The molecule has 1 saturated heterocycles. The number of nitrogens with zero attached hydrogens (tertiary/aromatic N) is 2. The summed E-state index contributed by atoms with van der Waals surface area (Å²) in [6.07, 6.45) is 4.26. The Labute approximate surface area is 179 Å². The number of furan rings is 1. The summed E-state index contributed by atoms with van der Waals surface area (Å²) in [7, 11) is 0. The molecule has 1 N–H and O–H groups in total. The van der Waals surface area contributed by atoms with Gasteiger partial charge in [-0.3, -0.25) is 14.5 Å². The van der Waals surface area contributed by atoms with E-state index in [1.165, 1.54) is 18.4 Å². The highest BCUT2D eigenvalue weighted by Crippen LogP contribution is 2.21. The number of benzene rings is 1. The van der Waals surface area contributed by atoms with Crippen molar-refractivity contribution in [3.05, 3.63) is 59.5 Å². The molecule has 0 unspecified atom stereocenters. The van der Waals surface area contributed by atoms with Crippen LogP contribution in [0.3, 0.4) is 0 Å². The molecule has 1 aromatic heterocycles. The third kappa shape index (κ3) is 6.20. The van der Waals surface area contributed by atoms with Crippen molar-refractivity contribution in [1.82, 2.24) is 15.1 Å². The Morgan fingerprint density at radius 1 is 1.23 bits per heavy atom. The maximum atomic E-state index is 12.6. The van der Waals surface area contributed by atoms with Crippen LogP contribution in [0.5, 0.6) is 0 Å². The van der Waals surface area contributed by atoms with Crippen molar-refractivity contribution in [2.75, 3.05) is 19.6 Å². The number of nitrogens with one attached hydrogen (secondary N) is 1. The Morgan fingerprint density at radius 2 is 2.07 bits per heavy atom. The second-order valence-corrected chi connectivity index (χ2v) is 8.01. The Morgan fingerprint density at radius 3 is 2.80 bits per heavy atom. The van der Waals surface area contributed by atoms with Gasteiger partial charge in [-0.2, -0.15) is 0 Å². The Balaban J connectivity index is 1.49. The topological polar surface area (TPSA) is 65.8 Å². The summed E-state index contributed by atoms with van der Waals surface area (Å²) in [5, 5.41) is 3.01. The molecule has 1 aliphatic heterocycles. The Hall–Kier alpha value is -2.60. The fourth-order valence-electron chi connectivity index (χ4n) is 3.85. The zero-order valence-corrected chi connectivity index (χ0v) is 18.1. The average Bonchev–Trinajstić information content (AvgIpc) is 3.40. The molecular formula is C24H33N3O3. The lowest BCUT2D eigenvalue weighted by molar-refractivity contribution is -0.129. The Kier molecular flexibility index (Phi) is 8.08. The van der Waals surface area contributed by atoms with E-state index >= 15 is 0 Å². The van der Waals surface area contributed by atoms with Gasteiger partial charge in [-0.25, -0.2) is 0 Å². The minimum atomic E-state index is -0.305. The maximum Gasteiger partial charge on any atom is 0.225 e. The van der Waals surface area contributed by atoms with Crippen molar-refractivity contribution >= 4 is 11.8 Å². The molecule has 30 heavy (non-hydrogen) atoms. The zero-order chi connectivity index (χ0) is 21.3. The lowest BCUT2D eigenvalue weighted by atomic mass is 10.1. The fourth-order valence-corrected chi connectivity index (χ4v) is 3.85. The molecule has 2 aromatic rings. The van der Waals surface area contributed by atoms with Crippen LogP contribution in [0, 0.1) is 5.92 Å². The molecule has 6 heteroatoms. The van der Waals surface area contributed by atoms with Gasteiger partial charge in [-0.05, 0) is 42.8 Å². The molecule has 1 aromatic carbocycles. The minimum Gasteiger partial charge on any atom is -0.467 e. The van der Waals surface area contributed by atoms with Gasteiger partial charge in [0.1, 0.15) is 5.76 Å². The van der Waals surface area contributed by atoms with Crippen LogP contribution in [0.25, 0.3) is 0 Å². The second-order valence-electron chi connectivity index (χ2n) is 8.01. The highest BCUT2D eigenvalue weighted by atomic mass is 16.3. The monoisotopic (exact) mass is 411 g/mol. The molecule has 1 fully saturated rings. The van der Waals surface area contributed by atoms with Gasteiger partial charge in [0, 0.05) is 26.1 Å². The predicted octanol–water partition coefficient (Wildman–Crippen LogP) is 3.57. The lowest BCUT2D eigenvalue weighted by Gasteiger charge is -2.20. The van der Waals surface area contributed by atoms with Crippen molar-refractivity contribution in [1.29, 1.82) is 0 Å². The lowest BCUT2D eigenvalue weighted by Crippen LogP contribution is -2.32. The number of unbranched alkanes of at least 4 members (excludes halogenated alkanes) is 1. The molecule has 6 nitrogen and oxygen atoms in total. The van der Waals surface area contributed by atoms with E-state index in [1.54, 1.807) is 17.2 Å². The summed E-state index contributed by atoms with van der Waals surface area (Å²) >= 11 is 0. The summed E-state index contributed by atoms with van der Waals surface area (Å²) in [6.45, 7) is 8.82. The van der Waals surface area contributed by atoms with Crippen LogP contribution in [-0.2, 0) is 29.2 Å². The van der Waals surface area contributed by atoms with Crippen LogP contribution in [-0.4, -0.2) is 41.2 Å². The van der Waals surface area contributed by atoms with Gasteiger partial charge in [-0.1, -0.05) is 44.5 Å². The highest BCUT2D eigenvalue weighted by Gasteiger charge is 2.34. The smallest absolute Gasteiger partial charge is 0.225 e. The molecule has 2 heterocycles. The van der Waals surface area contributed by atoms with Crippen molar-refractivity contribution in [3.63, 3.8) is 0 Å². The van der Waals surface area contributed by atoms with Crippen LogP contribution in [0.15, 0.2) is 47.1 Å². The van der Waals surface area contributed by atoms with E-state index in [9.17, 15) is 9.59 Å². The SMILES string of the molecule is CCCCN(CC)Cc1cccc(CNC(=O)[C@@H]2CC(=O)N(Cc3ccco3)C2)c1.